The fourth-order valence-corrected chi connectivity index (χ4v) is 3.85. The van der Waals surface area contributed by atoms with Gasteiger partial charge in [0.15, 0.2) is 21.4 Å². The molecule has 0 saturated carbocycles. The Labute approximate surface area is 186 Å². The van der Waals surface area contributed by atoms with Crippen molar-refractivity contribution < 1.29 is 18.3 Å². The molecule has 10 heteroatoms. The lowest BCUT2D eigenvalue weighted by Gasteiger charge is -2.10. The highest BCUT2D eigenvalue weighted by Crippen LogP contribution is 2.23. The maximum atomic E-state index is 12.3. The van der Waals surface area contributed by atoms with E-state index in [0.29, 0.717) is 16.8 Å². The number of hydrogen-bond acceptors (Lipinski definition) is 8. The molecule has 0 unspecified atom stereocenters. The predicted octanol–water partition coefficient (Wildman–Crippen LogP) is 3.21. The maximum absolute atomic E-state index is 12.3. The number of sulfone groups is 1. The third-order valence-corrected chi connectivity index (χ3v) is 6.86. The van der Waals surface area contributed by atoms with Gasteiger partial charge < -0.3 is 9.84 Å². The summed E-state index contributed by atoms with van der Waals surface area (Å²) in [4.78, 5) is 8.30. The van der Waals surface area contributed by atoms with Gasteiger partial charge >= 0.3 is 0 Å². The number of hydrazone groups is 1. The van der Waals surface area contributed by atoms with Crippen LogP contribution < -0.4 is 5.43 Å². The average molecular weight is 454 g/mol. The zero-order valence-electron chi connectivity index (χ0n) is 17.8. The fourth-order valence-electron chi connectivity index (χ4n) is 2.79. The summed E-state index contributed by atoms with van der Waals surface area (Å²) in [6.07, 6.45) is 0. The molecule has 32 heavy (non-hydrogen) atoms. The average Bonchev–Trinajstić information content (AvgIpc) is 3.26. The summed E-state index contributed by atoms with van der Waals surface area (Å²) in [5.41, 5.74) is 4.23. The van der Waals surface area contributed by atoms with E-state index in [2.05, 4.69) is 27.2 Å². The molecule has 1 aliphatic heterocycles. The molecule has 1 heterocycles. The highest BCUT2D eigenvalue weighted by atomic mass is 32.2. The molecule has 2 aromatic rings. The van der Waals surface area contributed by atoms with Gasteiger partial charge in [-0.25, -0.2) is 23.8 Å². The molecular formula is C22H23N5O4S. The van der Waals surface area contributed by atoms with Crippen molar-refractivity contribution in [2.45, 2.75) is 30.9 Å². The minimum absolute atomic E-state index is 0.0103. The zero-order valence-corrected chi connectivity index (χ0v) is 18.6. The van der Waals surface area contributed by atoms with Crippen LogP contribution >= 0.6 is 0 Å². The van der Waals surface area contributed by atoms with Crippen molar-refractivity contribution in [3.63, 3.8) is 0 Å². The van der Waals surface area contributed by atoms with Gasteiger partial charge in [0.1, 0.15) is 5.75 Å². The molecule has 166 valence electrons. The normalized spacial score (nSPS) is 15.6. The van der Waals surface area contributed by atoms with E-state index in [9.17, 15) is 13.5 Å². The lowest BCUT2D eigenvalue weighted by Crippen LogP contribution is -2.14. The molecular weight excluding hydrogens is 430 g/mol. The molecule has 0 amide bonds. The van der Waals surface area contributed by atoms with Crippen LogP contribution in [0.2, 0.25) is 0 Å². The van der Waals surface area contributed by atoms with E-state index in [1.165, 1.54) is 18.2 Å². The number of nitrogens with zero attached hydrogens (tertiary/aromatic N) is 3. The topological polar surface area (TPSA) is 137 Å². The molecule has 0 fully saturated rings. The van der Waals surface area contributed by atoms with Crippen molar-refractivity contribution in [1.29, 1.82) is 5.41 Å². The number of rotatable bonds is 6. The van der Waals surface area contributed by atoms with Gasteiger partial charge in [0.05, 0.1) is 15.7 Å². The first kappa shape index (κ1) is 22.9. The van der Waals surface area contributed by atoms with Crippen LogP contribution in [0.15, 0.2) is 80.1 Å². The molecule has 3 N–H and O–H groups in total. The van der Waals surface area contributed by atoms with E-state index in [1.54, 1.807) is 51.1 Å². The summed E-state index contributed by atoms with van der Waals surface area (Å²) in [7, 11) is -3.38. The molecule has 0 aromatic heterocycles. The van der Waals surface area contributed by atoms with Crippen molar-refractivity contribution in [2.75, 3.05) is 0 Å². The number of phenolic OH excluding ortho intramolecular Hbond substituents is 1. The molecule has 0 atom stereocenters. The largest absolute Gasteiger partial charge is 0.507 e. The van der Waals surface area contributed by atoms with Crippen LogP contribution in [0.4, 0.5) is 0 Å². The van der Waals surface area contributed by atoms with Crippen molar-refractivity contribution in [2.24, 2.45) is 15.1 Å². The summed E-state index contributed by atoms with van der Waals surface area (Å²) in [5, 5.41) is 21.6. The smallest absolute Gasteiger partial charge is 0.249 e. The van der Waals surface area contributed by atoms with Crippen molar-refractivity contribution >= 4 is 34.0 Å². The molecule has 1 aliphatic rings. The third-order valence-electron chi connectivity index (χ3n) is 4.69. The van der Waals surface area contributed by atoms with Crippen LogP contribution in [0.1, 0.15) is 31.9 Å². The minimum Gasteiger partial charge on any atom is -0.507 e. The monoisotopic (exact) mass is 453 g/mol. The number of amidine groups is 1. The Morgan fingerprint density at radius 3 is 2.44 bits per heavy atom. The van der Waals surface area contributed by atoms with Crippen LogP contribution in [-0.4, -0.2) is 42.9 Å². The number of nitrogens with one attached hydrogen (secondary N) is 2. The fraction of sp³-hybridized carbons (Fsp3) is 0.182. The van der Waals surface area contributed by atoms with E-state index < -0.39 is 15.1 Å². The molecule has 0 radical (unpaired) electrons. The van der Waals surface area contributed by atoms with E-state index >= 15 is 0 Å². The van der Waals surface area contributed by atoms with Gasteiger partial charge in [-0.3, -0.25) is 5.41 Å². The number of phenols is 1. The number of ether oxygens (including phenoxy) is 1. The second-order valence-electron chi connectivity index (χ2n) is 7.15. The standard InChI is InChI=1S/C22H23N5O4S/c1-13(2)32(29,30)16-11-9-15(10-12-16)14(3)25-19(20(23)24-4)22-27-26-21(31-22)17-7-5-6-8-18(17)28/h5-13,23,27-28H,4H2,1-3H3. The van der Waals surface area contributed by atoms with Gasteiger partial charge in [-0.1, -0.05) is 24.3 Å². The molecule has 0 bridgehead atoms. The van der Waals surface area contributed by atoms with Gasteiger partial charge in [-0.05, 0) is 57.3 Å². The van der Waals surface area contributed by atoms with Crippen LogP contribution in [0.3, 0.4) is 0 Å². The Kier molecular flexibility index (Phi) is 6.54. The van der Waals surface area contributed by atoms with Gasteiger partial charge in [0.25, 0.3) is 0 Å². The van der Waals surface area contributed by atoms with E-state index in [-0.39, 0.29) is 34.0 Å². The second kappa shape index (κ2) is 9.15. The summed E-state index contributed by atoms with van der Waals surface area (Å²) >= 11 is 0. The number of para-hydroxylation sites is 1. The van der Waals surface area contributed by atoms with E-state index in [0.717, 1.165) is 0 Å². The Balaban J connectivity index is 1.93. The van der Waals surface area contributed by atoms with Gasteiger partial charge in [0.2, 0.25) is 11.8 Å². The quantitative estimate of drug-likeness (QED) is 0.456. The molecule has 3 rings (SSSR count). The Morgan fingerprint density at radius 1 is 1.19 bits per heavy atom. The summed E-state index contributed by atoms with van der Waals surface area (Å²) in [5.74, 6) is -0.0916. The van der Waals surface area contributed by atoms with Crippen molar-refractivity contribution in [3.05, 3.63) is 71.2 Å². The van der Waals surface area contributed by atoms with Crippen LogP contribution in [0.5, 0.6) is 5.75 Å². The van der Waals surface area contributed by atoms with E-state index in [4.69, 9.17) is 10.1 Å². The van der Waals surface area contributed by atoms with Crippen LogP contribution in [0, 0.1) is 5.41 Å². The zero-order chi connectivity index (χ0) is 23.5. The maximum Gasteiger partial charge on any atom is 0.249 e. The minimum atomic E-state index is -3.38. The van der Waals surface area contributed by atoms with Crippen LogP contribution in [-0.2, 0) is 14.6 Å². The summed E-state index contributed by atoms with van der Waals surface area (Å²) in [6, 6.07) is 12.9. The second-order valence-corrected chi connectivity index (χ2v) is 9.65. The molecule has 2 aromatic carbocycles. The van der Waals surface area contributed by atoms with Gasteiger partial charge in [-0.2, -0.15) is 0 Å². The summed E-state index contributed by atoms with van der Waals surface area (Å²) in [6.45, 7) is 8.34. The highest BCUT2D eigenvalue weighted by Gasteiger charge is 2.24. The predicted molar refractivity (Wildman–Crippen MR) is 124 cm³/mol. The number of benzene rings is 2. The Hall–Kier alpha value is -3.79. The first-order valence-corrected chi connectivity index (χ1v) is 11.2. The molecule has 0 spiro atoms. The van der Waals surface area contributed by atoms with Gasteiger partial charge in [-0.15, -0.1) is 5.10 Å². The number of aromatic hydroxyl groups is 1. The van der Waals surface area contributed by atoms with Crippen LogP contribution in [0.25, 0.3) is 0 Å². The first-order valence-electron chi connectivity index (χ1n) is 9.64. The Morgan fingerprint density at radius 2 is 1.84 bits per heavy atom. The number of hydrogen-bond donors (Lipinski definition) is 3. The lowest BCUT2D eigenvalue weighted by atomic mass is 10.1. The lowest BCUT2D eigenvalue weighted by molar-refractivity contribution is 0.407. The first-order chi connectivity index (χ1) is 15.1. The number of aliphatic imine (C=N–C) groups is 2. The van der Waals surface area contributed by atoms with Crippen molar-refractivity contribution in [1.82, 2.24) is 5.43 Å². The van der Waals surface area contributed by atoms with E-state index in [1.807, 2.05) is 0 Å². The highest BCUT2D eigenvalue weighted by molar-refractivity contribution is 7.92. The Bertz CT molecular complexity index is 1260. The third kappa shape index (κ3) is 4.59. The van der Waals surface area contributed by atoms with Crippen molar-refractivity contribution in [3.8, 4) is 5.75 Å². The molecule has 0 saturated heterocycles. The summed E-state index contributed by atoms with van der Waals surface area (Å²) < 4.78 is 30.3. The SMILES string of the molecule is C=NC(=N)C(N=C(C)c1ccc(S(=O)(=O)C(C)C)cc1)=C1NN=C(c2ccccc2O)O1. The molecule has 0 aliphatic carbocycles. The van der Waals surface area contributed by atoms with Gasteiger partial charge in [0, 0.05) is 5.71 Å². The molecule has 9 nitrogen and oxygen atoms in total.